The maximum Gasteiger partial charge on any atom is 0.199 e. The first-order chi connectivity index (χ1) is 13.2. The molecule has 1 saturated heterocycles. The Morgan fingerprint density at radius 2 is 1.74 bits per heavy atom. The highest BCUT2D eigenvalue weighted by molar-refractivity contribution is 7.71. The first kappa shape index (κ1) is 17.3. The molecule has 0 atom stereocenters. The van der Waals surface area contributed by atoms with Crippen LogP contribution in [0.25, 0.3) is 0 Å². The molecule has 2 aromatic rings. The summed E-state index contributed by atoms with van der Waals surface area (Å²) in [5, 5.41) is 4.93. The molecule has 0 amide bonds. The molecule has 0 N–H and O–H groups in total. The fourth-order valence-electron chi connectivity index (χ4n) is 3.95. The van der Waals surface area contributed by atoms with Crippen LogP contribution in [0.2, 0.25) is 0 Å². The van der Waals surface area contributed by atoms with Crippen molar-refractivity contribution in [2.45, 2.75) is 44.3 Å². The number of hydrogen-bond acceptors (Lipinski definition) is 5. The van der Waals surface area contributed by atoms with E-state index in [0.717, 1.165) is 43.4 Å². The number of aromatic nitrogens is 3. The molecule has 6 nitrogen and oxygen atoms in total. The third kappa shape index (κ3) is 3.50. The summed E-state index contributed by atoms with van der Waals surface area (Å²) in [5.41, 5.74) is 1.26. The normalized spacial score (nSPS) is 20.9. The van der Waals surface area contributed by atoms with Gasteiger partial charge in [-0.1, -0.05) is 0 Å². The molecular formula is C20H27N5OS. The van der Waals surface area contributed by atoms with Gasteiger partial charge in [0.2, 0.25) is 0 Å². The summed E-state index contributed by atoms with van der Waals surface area (Å²) in [4.78, 5) is 4.91. The van der Waals surface area contributed by atoms with E-state index >= 15 is 0 Å². The van der Waals surface area contributed by atoms with Crippen molar-refractivity contribution >= 4 is 17.9 Å². The lowest BCUT2D eigenvalue weighted by molar-refractivity contribution is 0.194. The van der Waals surface area contributed by atoms with Crippen LogP contribution in [0.15, 0.2) is 24.3 Å². The van der Waals surface area contributed by atoms with Crippen LogP contribution in [-0.2, 0) is 6.67 Å². The summed E-state index contributed by atoms with van der Waals surface area (Å²) in [5.74, 6) is 2.81. The second-order valence-electron chi connectivity index (χ2n) is 7.96. The van der Waals surface area contributed by atoms with E-state index in [4.69, 9.17) is 22.1 Å². The van der Waals surface area contributed by atoms with Crippen molar-refractivity contribution in [3.8, 4) is 5.75 Å². The van der Waals surface area contributed by atoms with E-state index in [1.165, 1.54) is 37.2 Å². The van der Waals surface area contributed by atoms with E-state index in [9.17, 15) is 0 Å². The maximum absolute atomic E-state index is 5.78. The van der Waals surface area contributed by atoms with Crippen LogP contribution < -0.4 is 9.64 Å². The SMILES string of the molecule is COc1ccc(N2CCN(Cn3nc(C4CC4)n(C4CC4)c3=S)CC2)cc1. The van der Waals surface area contributed by atoms with Crippen molar-refractivity contribution in [2.75, 3.05) is 38.2 Å². The Labute approximate surface area is 165 Å². The van der Waals surface area contributed by atoms with E-state index in [-0.39, 0.29) is 0 Å². The Morgan fingerprint density at radius 3 is 2.33 bits per heavy atom. The van der Waals surface area contributed by atoms with E-state index in [1.54, 1.807) is 7.11 Å². The van der Waals surface area contributed by atoms with Gasteiger partial charge in [-0.05, 0) is 62.2 Å². The van der Waals surface area contributed by atoms with Gasteiger partial charge >= 0.3 is 0 Å². The van der Waals surface area contributed by atoms with Gasteiger partial charge in [0.15, 0.2) is 4.77 Å². The smallest absolute Gasteiger partial charge is 0.199 e. The van der Waals surface area contributed by atoms with Crippen LogP contribution in [0, 0.1) is 4.77 Å². The van der Waals surface area contributed by atoms with Crippen LogP contribution in [-0.4, -0.2) is 52.5 Å². The van der Waals surface area contributed by atoms with Gasteiger partial charge in [0.05, 0.1) is 13.8 Å². The molecule has 3 aliphatic rings. The molecule has 0 radical (unpaired) electrons. The minimum absolute atomic E-state index is 0.619. The van der Waals surface area contributed by atoms with Gasteiger partial charge in [0.25, 0.3) is 0 Å². The average molecular weight is 386 g/mol. The fraction of sp³-hybridized carbons (Fsp3) is 0.600. The quantitative estimate of drug-likeness (QED) is 0.713. The van der Waals surface area contributed by atoms with Crippen molar-refractivity contribution in [1.29, 1.82) is 0 Å². The number of piperazine rings is 1. The number of anilines is 1. The molecule has 27 heavy (non-hydrogen) atoms. The average Bonchev–Trinajstić information content (AvgIpc) is 3.62. The second-order valence-corrected chi connectivity index (χ2v) is 8.33. The van der Waals surface area contributed by atoms with Gasteiger partial charge in [-0.25, -0.2) is 4.68 Å². The highest BCUT2D eigenvalue weighted by Gasteiger charge is 2.36. The Kier molecular flexibility index (Phi) is 4.44. The Bertz CT molecular complexity index is 857. The van der Waals surface area contributed by atoms with Crippen LogP contribution in [0.1, 0.15) is 43.5 Å². The standard InChI is InChI=1S/C20H27N5OS/c1-26-18-8-6-16(7-9-18)23-12-10-22(11-13-23)14-24-20(27)25(17-4-5-17)19(21-24)15-2-3-15/h6-9,15,17H,2-5,10-14H2,1H3. The lowest BCUT2D eigenvalue weighted by atomic mass is 10.2. The molecule has 2 saturated carbocycles. The number of nitrogens with zero attached hydrogens (tertiary/aromatic N) is 5. The van der Waals surface area contributed by atoms with Gasteiger partial charge < -0.3 is 14.2 Å². The first-order valence-corrected chi connectivity index (χ1v) is 10.4. The molecule has 2 aliphatic carbocycles. The zero-order chi connectivity index (χ0) is 18.4. The van der Waals surface area contributed by atoms with Gasteiger partial charge in [0, 0.05) is 43.8 Å². The molecule has 0 spiro atoms. The van der Waals surface area contributed by atoms with Crippen molar-refractivity contribution in [2.24, 2.45) is 0 Å². The summed E-state index contributed by atoms with van der Waals surface area (Å²) < 4.78 is 10.6. The van der Waals surface area contributed by atoms with Gasteiger partial charge in [0.1, 0.15) is 11.6 Å². The zero-order valence-electron chi connectivity index (χ0n) is 15.9. The molecule has 0 bridgehead atoms. The highest BCUT2D eigenvalue weighted by Crippen LogP contribution is 2.44. The molecular weight excluding hydrogens is 358 g/mol. The Hall–Kier alpha value is -1.86. The zero-order valence-corrected chi connectivity index (χ0v) is 16.7. The molecule has 144 valence electrons. The summed E-state index contributed by atoms with van der Waals surface area (Å²) in [7, 11) is 1.71. The summed E-state index contributed by atoms with van der Waals surface area (Å²) in [6.07, 6.45) is 5.08. The van der Waals surface area contributed by atoms with E-state index < -0.39 is 0 Å². The minimum Gasteiger partial charge on any atom is -0.497 e. The van der Waals surface area contributed by atoms with Crippen molar-refractivity contribution in [3.63, 3.8) is 0 Å². The molecule has 3 fully saturated rings. The molecule has 0 unspecified atom stereocenters. The summed E-state index contributed by atoms with van der Waals surface area (Å²) in [6.45, 7) is 4.93. The number of ether oxygens (including phenoxy) is 1. The molecule has 1 aromatic carbocycles. The molecule has 7 heteroatoms. The number of rotatable bonds is 6. The largest absolute Gasteiger partial charge is 0.497 e. The van der Waals surface area contributed by atoms with E-state index in [1.807, 2.05) is 12.1 Å². The number of methoxy groups -OCH3 is 1. The summed E-state index contributed by atoms with van der Waals surface area (Å²) >= 11 is 5.78. The molecule has 1 aliphatic heterocycles. The van der Waals surface area contributed by atoms with E-state index in [0.29, 0.717) is 12.0 Å². The Balaban J connectivity index is 1.24. The van der Waals surface area contributed by atoms with Crippen LogP contribution in [0.5, 0.6) is 5.75 Å². The van der Waals surface area contributed by atoms with Gasteiger partial charge in [-0.15, -0.1) is 0 Å². The van der Waals surface area contributed by atoms with Crippen molar-refractivity contribution < 1.29 is 4.74 Å². The topological polar surface area (TPSA) is 38.5 Å². The predicted molar refractivity (Wildman–Crippen MR) is 108 cm³/mol. The number of hydrogen-bond donors (Lipinski definition) is 0. The number of benzene rings is 1. The van der Waals surface area contributed by atoms with Crippen LogP contribution >= 0.6 is 12.2 Å². The van der Waals surface area contributed by atoms with E-state index in [2.05, 4.69) is 31.2 Å². The van der Waals surface area contributed by atoms with Gasteiger partial charge in [-0.3, -0.25) is 4.90 Å². The maximum atomic E-state index is 5.78. The van der Waals surface area contributed by atoms with Crippen LogP contribution in [0.4, 0.5) is 5.69 Å². The highest BCUT2D eigenvalue weighted by atomic mass is 32.1. The third-order valence-electron chi connectivity index (χ3n) is 5.90. The van der Waals surface area contributed by atoms with Crippen molar-refractivity contribution in [3.05, 3.63) is 34.9 Å². The first-order valence-electron chi connectivity index (χ1n) is 10.0. The van der Waals surface area contributed by atoms with Gasteiger partial charge in [-0.2, -0.15) is 5.10 Å². The summed E-state index contributed by atoms with van der Waals surface area (Å²) in [6, 6.07) is 8.97. The lowest BCUT2D eigenvalue weighted by Crippen LogP contribution is -2.47. The van der Waals surface area contributed by atoms with Crippen molar-refractivity contribution in [1.82, 2.24) is 19.2 Å². The Morgan fingerprint density at radius 1 is 1.04 bits per heavy atom. The predicted octanol–water partition coefficient (Wildman–Crippen LogP) is 3.41. The monoisotopic (exact) mass is 385 g/mol. The lowest BCUT2D eigenvalue weighted by Gasteiger charge is -2.35. The fourth-order valence-corrected chi connectivity index (χ4v) is 4.30. The molecule has 5 rings (SSSR count). The second kappa shape index (κ2) is 6.95. The minimum atomic E-state index is 0.619. The third-order valence-corrected chi connectivity index (χ3v) is 6.30. The molecule has 2 heterocycles. The molecule has 1 aromatic heterocycles. The van der Waals surface area contributed by atoms with Crippen LogP contribution in [0.3, 0.4) is 0 Å².